The van der Waals surface area contributed by atoms with Gasteiger partial charge in [0.05, 0.1) is 5.69 Å². The van der Waals surface area contributed by atoms with Crippen LogP contribution in [0.15, 0.2) is 24.3 Å². The first-order chi connectivity index (χ1) is 8.10. The van der Waals surface area contributed by atoms with Crippen LogP contribution in [0.5, 0.6) is 0 Å². The van der Waals surface area contributed by atoms with Crippen LogP contribution in [0, 0.1) is 20.8 Å². The summed E-state index contributed by atoms with van der Waals surface area (Å²) in [6.07, 6.45) is 0. The number of aryl methyl sites for hydroxylation is 3. The standard InChI is InChI=1S/C14H16N2O/c1-9-4-5-12(10(2)6-9)13-7-11(3)15-14(8-17)16-13/h4-7,17H,8H2,1-3H3. The van der Waals surface area contributed by atoms with Crippen molar-refractivity contribution < 1.29 is 5.11 Å². The summed E-state index contributed by atoms with van der Waals surface area (Å²) in [5.41, 5.74) is 5.26. The second-order valence-corrected chi connectivity index (χ2v) is 4.29. The summed E-state index contributed by atoms with van der Waals surface area (Å²) >= 11 is 0. The second kappa shape index (κ2) is 4.63. The van der Waals surface area contributed by atoms with E-state index in [-0.39, 0.29) is 6.61 Å². The van der Waals surface area contributed by atoms with E-state index in [2.05, 4.69) is 42.0 Å². The molecule has 0 saturated carbocycles. The molecule has 88 valence electrons. The summed E-state index contributed by atoms with van der Waals surface area (Å²) in [7, 11) is 0. The SMILES string of the molecule is Cc1ccc(-c2cc(C)nc(CO)n2)c(C)c1. The average molecular weight is 228 g/mol. The highest BCUT2D eigenvalue weighted by Gasteiger charge is 2.06. The number of hydrogen-bond acceptors (Lipinski definition) is 3. The molecule has 0 saturated heterocycles. The largest absolute Gasteiger partial charge is 0.388 e. The molecule has 1 heterocycles. The van der Waals surface area contributed by atoms with Gasteiger partial charge in [-0.2, -0.15) is 0 Å². The maximum absolute atomic E-state index is 9.12. The molecule has 1 aromatic heterocycles. The van der Waals surface area contributed by atoms with E-state index in [1.165, 1.54) is 11.1 Å². The zero-order valence-electron chi connectivity index (χ0n) is 10.4. The number of rotatable bonds is 2. The maximum Gasteiger partial charge on any atom is 0.154 e. The minimum atomic E-state index is -0.125. The van der Waals surface area contributed by atoms with Crippen molar-refractivity contribution in [3.05, 3.63) is 46.9 Å². The third-order valence-corrected chi connectivity index (χ3v) is 2.70. The zero-order chi connectivity index (χ0) is 12.4. The number of nitrogens with zero attached hydrogens (tertiary/aromatic N) is 2. The van der Waals surface area contributed by atoms with Crippen LogP contribution in [0.2, 0.25) is 0 Å². The number of aliphatic hydroxyl groups excluding tert-OH is 1. The Morgan fingerprint density at radius 1 is 1.06 bits per heavy atom. The number of aromatic nitrogens is 2. The molecule has 0 aliphatic carbocycles. The predicted octanol–water partition coefficient (Wildman–Crippen LogP) is 2.56. The van der Waals surface area contributed by atoms with Gasteiger partial charge in [-0.25, -0.2) is 9.97 Å². The quantitative estimate of drug-likeness (QED) is 0.859. The van der Waals surface area contributed by atoms with E-state index < -0.39 is 0 Å². The van der Waals surface area contributed by atoms with Crippen LogP contribution in [0.3, 0.4) is 0 Å². The lowest BCUT2D eigenvalue weighted by Gasteiger charge is -2.08. The fourth-order valence-corrected chi connectivity index (χ4v) is 1.94. The monoisotopic (exact) mass is 228 g/mol. The van der Waals surface area contributed by atoms with E-state index in [9.17, 15) is 0 Å². The third kappa shape index (κ3) is 2.50. The Balaban J connectivity index is 2.55. The van der Waals surface area contributed by atoms with Crippen molar-refractivity contribution in [2.75, 3.05) is 0 Å². The molecule has 1 aromatic carbocycles. The van der Waals surface area contributed by atoms with Crippen molar-refractivity contribution in [1.82, 2.24) is 9.97 Å². The molecule has 0 fully saturated rings. The molecule has 0 spiro atoms. The summed E-state index contributed by atoms with van der Waals surface area (Å²) in [6.45, 7) is 5.92. The normalized spacial score (nSPS) is 10.6. The Bertz CT molecular complexity index is 550. The van der Waals surface area contributed by atoms with Gasteiger partial charge >= 0.3 is 0 Å². The Morgan fingerprint density at radius 2 is 1.82 bits per heavy atom. The first-order valence-corrected chi connectivity index (χ1v) is 5.63. The Kier molecular flexibility index (Phi) is 3.20. The summed E-state index contributed by atoms with van der Waals surface area (Å²) < 4.78 is 0. The lowest BCUT2D eigenvalue weighted by atomic mass is 10.0. The molecular weight excluding hydrogens is 212 g/mol. The molecule has 2 aromatic rings. The lowest BCUT2D eigenvalue weighted by Crippen LogP contribution is -1.99. The van der Waals surface area contributed by atoms with Gasteiger partial charge in [-0.3, -0.25) is 0 Å². The highest BCUT2D eigenvalue weighted by molar-refractivity contribution is 5.64. The summed E-state index contributed by atoms with van der Waals surface area (Å²) in [5, 5.41) is 9.12. The van der Waals surface area contributed by atoms with Gasteiger partial charge in [0.2, 0.25) is 0 Å². The van der Waals surface area contributed by atoms with Gasteiger partial charge in [-0.05, 0) is 32.4 Å². The van der Waals surface area contributed by atoms with Gasteiger partial charge in [0.1, 0.15) is 6.61 Å². The minimum Gasteiger partial charge on any atom is -0.388 e. The maximum atomic E-state index is 9.12. The Morgan fingerprint density at radius 3 is 2.47 bits per heavy atom. The summed E-state index contributed by atoms with van der Waals surface area (Å²) in [5.74, 6) is 0.472. The number of aliphatic hydroxyl groups is 1. The second-order valence-electron chi connectivity index (χ2n) is 4.29. The van der Waals surface area contributed by atoms with Crippen LogP contribution in [0.25, 0.3) is 11.3 Å². The van der Waals surface area contributed by atoms with Crippen LogP contribution < -0.4 is 0 Å². The van der Waals surface area contributed by atoms with Crippen molar-refractivity contribution in [3.63, 3.8) is 0 Å². The van der Waals surface area contributed by atoms with Gasteiger partial charge in [0.15, 0.2) is 5.82 Å². The highest BCUT2D eigenvalue weighted by Crippen LogP contribution is 2.23. The van der Waals surface area contributed by atoms with Crippen molar-refractivity contribution in [2.24, 2.45) is 0 Å². The third-order valence-electron chi connectivity index (χ3n) is 2.70. The van der Waals surface area contributed by atoms with Crippen LogP contribution in [-0.4, -0.2) is 15.1 Å². The smallest absolute Gasteiger partial charge is 0.154 e. The van der Waals surface area contributed by atoms with Crippen molar-refractivity contribution in [2.45, 2.75) is 27.4 Å². The zero-order valence-corrected chi connectivity index (χ0v) is 10.4. The minimum absolute atomic E-state index is 0.125. The van der Waals surface area contributed by atoms with Crippen LogP contribution in [-0.2, 0) is 6.61 Å². The summed E-state index contributed by atoms with van der Waals surface area (Å²) in [4.78, 5) is 8.52. The molecule has 3 nitrogen and oxygen atoms in total. The molecule has 0 aliphatic rings. The molecule has 17 heavy (non-hydrogen) atoms. The molecular formula is C14H16N2O. The Labute approximate surface area is 101 Å². The van der Waals surface area contributed by atoms with Gasteiger partial charge in [0, 0.05) is 11.3 Å². The average Bonchev–Trinajstić information content (AvgIpc) is 2.28. The van der Waals surface area contributed by atoms with E-state index in [4.69, 9.17) is 5.11 Å². The van der Waals surface area contributed by atoms with Crippen molar-refractivity contribution >= 4 is 0 Å². The van der Waals surface area contributed by atoms with E-state index in [0.717, 1.165) is 17.0 Å². The molecule has 1 N–H and O–H groups in total. The van der Waals surface area contributed by atoms with E-state index in [1.807, 2.05) is 13.0 Å². The molecule has 2 rings (SSSR count). The Hall–Kier alpha value is -1.74. The van der Waals surface area contributed by atoms with E-state index >= 15 is 0 Å². The van der Waals surface area contributed by atoms with E-state index in [1.54, 1.807) is 0 Å². The van der Waals surface area contributed by atoms with E-state index in [0.29, 0.717) is 5.82 Å². The molecule has 0 atom stereocenters. The van der Waals surface area contributed by atoms with Gasteiger partial charge in [0.25, 0.3) is 0 Å². The predicted molar refractivity (Wildman–Crippen MR) is 67.6 cm³/mol. The molecule has 3 heteroatoms. The van der Waals surface area contributed by atoms with Crippen LogP contribution in [0.1, 0.15) is 22.6 Å². The van der Waals surface area contributed by atoms with Crippen molar-refractivity contribution in [1.29, 1.82) is 0 Å². The number of hydrogen-bond donors (Lipinski definition) is 1. The first kappa shape index (κ1) is 11.7. The van der Waals surface area contributed by atoms with Crippen LogP contribution >= 0.6 is 0 Å². The molecule has 0 bridgehead atoms. The molecule has 0 unspecified atom stereocenters. The van der Waals surface area contributed by atoms with Gasteiger partial charge in [-0.1, -0.05) is 23.8 Å². The topological polar surface area (TPSA) is 46.0 Å². The lowest BCUT2D eigenvalue weighted by molar-refractivity contribution is 0.271. The van der Waals surface area contributed by atoms with Crippen molar-refractivity contribution in [3.8, 4) is 11.3 Å². The molecule has 0 amide bonds. The van der Waals surface area contributed by atoms with Gasteiger partial charge < -0.3 is 5.11 Å². The van der Waals surface area contributed by atoms with Crippen LogP contribution in [0.4, 0.5) is 0 Å². The summed E-state index contributed by atoms with van der Waals surface area (Å²) in [6, 6.07) is 8.20. The fourth-order valence-electron chi connectivity index (χ4n) is 1.94. The highest BCUT2D eigenvalue weighted by atomic mass is 16.3. The number of benzene rings is 1. The molecule has 0 aliphatic heterocycles. The fraction of sp³-hybridized carbons (Fsp3) is 0.286. The first-order valence-electron chi connectivity index (χ1n) is 5.63. The molecule has 0 radical (unpaired) electrons. The van der Waals surface area contributed by atoms with Gasteiger partial charge in [-0.15, -0.1) is 0 Å².